The Hall–Kier alpha value is 0.0649. The van der Waals surface area contributed by atoms with Gasteiger partial charge in [-0.1, -0.05) is 52.7 Å². The quantitative estimate of drug-likeness (QED) is 0.504. The van der Waals surface area contributed by atoms with Gasteiger partial charge in [0.05, 0.1) is 0 Å². The summed E-state index contributed by atoms with van der Waals surface area (Å²) in [6.07, 6.45) is 7.10. The summed E-state index contributed by atoms with van der Waals surface area (Å²) < 4.78 is 0. The minimum Gasteiger partial charge on any atom is -0.0799 e. The molecule has 1 heteroatoms. The highest BCUT2D eigenvalue weighted by Gasteiger charge is 2.65. The van der Waals surface area contributed by atoms with Gasteiger partial charge in [0.25, 0.3) is 0 Å². The third kappa shape index (κ3) is 1.44. The molecule has 0 aromatic heterocycles. The Morgan fingerprint density at radius 1 is 1.14 bits per heavy atom. The fourth-order valence-electron chi connectivity index (χ4n) is 3.79. The van der Waals surface area contributed by atoms with Crippen LogP contribution in [0, 0.1) is 16.7 Å². The van der Waals surface area contributed by atoms with Crippen LogP contribution >= 0.6 is 0 Å². The zero-order chi connectivity index (χ0) is 10.4. The predicted molar refractivity (Wildman–Crippen MR) is 63.8 cm³/mol. The van der Waals surface area contributed by atoms with Gasteiger partial charge < -0.3 is 0 Å². The molecule has 0 nitrogen and oxygen atoms in total. The van der Waals surface area contributed by atoms with Gasteiger partial charge >= 0.3 is 0 Å². The van der Waals surface area contributed by atoms with Crippen molar-refractivity contribution >= 4 is 7.28 Å². The van der Waals surface area contributed by atoms with Crippen molar-refractivity contribution in [3.63, 3.8) is 0 Å². The molecular formula is C13H24B. The SMILES string of the molecule is CC1[B]CCCC2(C)C(CC1)C2(C)C. The highest BCUT2D eigenvalue weighted by molar-refractivity contribution is 6.37. The van der Waals surface area contributed by atoms with Crippen molar-refractivity contribution in [2.24, 2.45) is 16.7 Å². The third-order valence-corrected chi connectivity index (χ3v) is 5.41. The van der Waals surface area contributed by atoms with Gasteiger partial charge in [0.2, 0.25) is 0 Å². The lowest BCUT2D eigenvalue weighted by Gasteiger charge is -2.14. The molecule has 0 N–H and O–H groups in total. The minimum absolute atomic E-state index is 0.629. The maximum Gasteiger partial charge on any atom is 0.113 e. The second kappa shape index (κ2) is 3.28. The van der Waals surface area contributed by atoms with Crippen LogP contribution in [0.3, 0.4) is 0 Å². The molecule has 0 aromatic carbocycles. The standard InChI is InChI=1S/C13H24B/c1-10-6-7-11-12(2,3)13(11,4)8-5-9-14-10/h10-11H,5-9H2,1-4H3. The van der Waals surface area contributed by atoms with Gasteiger partial charge in [0.15, 0.2) is 0 Å². The Kier molecular flexibility index (Phi) is 2.48. The van der Waals surface area contributed by atoms with Gasteiger partial charge in [0.1, 0.15) is 7.28 Å². The van der Waals surface area contributed by atoms with Crippen molar-refractivity contribution < 1.29 is 0 Å². The Morgan fingerprint density at radius 3 is 2.57 bits per heavy atom. The monoisotopic (exact) mass is 191 g/mol. The van der Waals surface area contributed by atoms with E-state index >= 15 is 0 Å². The lowest BCUT2D eigenvalue weighted by molar-refractivity contribution is 0.383. The van der Waals surface area contributed by atoms with E-state index in [9.17, 15) is 0 Å². The number of hydrogen-bond donors (Lipinski definition) is 0. The third-order valence-electron chi connectivity index (χ3n) is 5.41. The zero-order valence-electron chi connectivity index (χ0n) is 10.3. The maximum absolute atomic E-state index is 2.54. The van der Waals surface area contributed by atoms with Crippen LogP contribution in [0.25, 0.3) is 0 Å². The molecule has 0 spiro atoms. The Morgan fingerprint density at radius 2 is 1.86 bits per heavy atom. The molecule has 1 aliphatic carbocycles. The first-order valence-corrected chi connectivity index (χ1v) is 6.32. The summed E-state index contributed by atoms with van der Waals surface area (Å²) in [5.41, 5.74) is 1.30. The fourth-order valence-corrected chi connectivity index (χ4v) is 3.79. The molecule has 3 unspecified atom stereocenters. The molecule has 3 atom stereocenters. The van der Waals surface area contributed by atoms with Crippen LogP contribution in [0.15, 0.2) is 0 Å². The summed E-state index contributed by atoms with van der Waals surface area (Å²) in [7, 11) is 2.54. The summed E-state index contributed by atoms with van der Waals surface area (Å²) >= 11 is 0. The van der Waals surface area contributed by atoms with Crippen LogP contribution < -0.4 is 0 Å². The van der Waals surface area contributed by atoms with E-state index in [0.29, 0.717) is 10.8 Å². The molecule has 1 saturated carbocycles. The van der Waals surface area contributed by atoms with Crippen molar-refractivity contribution in [2.75, 3.05) is 0 Å². The largest absolute Gasteiger partial charge is 0.113 e. The Bertz CT molecular complexity index is 221. The van der Waals surface area contributed by atoms with E-state index in [1.807, 2.05) is 0 Å². The van der Waals surface area contributed by atoms with Crippen LogP contribution in [0.5, 0.6) is 0 Å². The smallest absolute Gasteiger partial charge is 0.0799 e. The van der Waals surface area contributed by atoms with Crippen LogP contribution in [0.4, 0.5) is 0 Å². The topological polar surface area (TPSA) is 0 Å². The highest BCUT2D eigenvalue weighted by atomic mass is 14.7. The van der Waals surface area contributed by atoms with E-state index in [0.717, 1.165) is 11.7 Å². The summed E-state index contributed by atoms with van der Waals surface area (Å²) in [6.45, 7) is 9.87. The molecule has 14 heavy (non-hydrogen) atoms. The van der Waals surface area contributed by atoms with E-state index in [2.05, 4.69) is 35.0 Å². The average Bonchev–Trinajstić information content (AvgIpc) is 2.51. The lowest BCUT2D eigenvalue weighted by Crippen LogP contribution is -2.05. The lowest BCUT2D eigenvalue weighted by atomic mass is 9.60. The van der Waals surface area contributed by atoms with Crippen LogP contribution in [0.1, 0.15) is 53.4 Å². The molecule has 1 saturated heterocycles. The number of rotatable bonds is 0. The number of hydrogen-bond acceptors (Lipinski definition) is 0. The van der Waals surface area contributed by atoms with Crippen molar-refractivity contribution in [1.82, 2.24) is 0 Å². The van der Waals surface area contributed by atoms with Gasteiger partial charge in [-0.25, -0.2) is 0 Å². The maximum atomic E-state index is 2.54. The van der Waals surface area contributed by atoms with Crippen LogP contribution in [-0.2, 0) is 0 Å². The second-order valence-electron chi connectivity index (χ2n) is 6.37. The van der Waals surface area contributed by atoms with Crippen molar-refractivity contribution in [3.8, 4) is 0 Å². The normalized spacial score (nSPS) is 46.6. The second-order valence-corrected chi connectivity index (χ2v) is 6.37. The first kappa shape index (κ1) is 10.6. The van der Waals surface area contributed by atoms with E-state index < -0.39 is 0 Å². The molecule has 0 aromatic rings. The van der Waals surface area contributed by atoms with E-state index in [4.69, 9.17) is 0 Å². The molecule has 2 fully saturated rings. The summed E-state index contributed by atoms with van der Waals surface area (Å²) in [5, 5.41) is 0. The number of fused-ring (bicyclic) bond motifs is 1. The summed E-state index contributed by atoms with van der Waals surface area (Å²) in [6, 6.07) is 0. The molecular weight excluding hydrogens is 167 g/mol. The van der Waals surface area contributed by atoms with Crippen LogP contribution in [-0.4, -0.2) is 7.28 Å². The van der Waals surface area contributed by atoms with E-state index in [1.165, 1.54) is 32.0 Å². The van der Waals surface area contributed by atoms with Gasteiger partial charge in [-0.15, -0.1) is 0 Å². The molecule has 1 radical (unpaired) electrons. The van der Waals surface area contributed by atoms with Gasteiger partial charge in [0, 0.05) is 0 Å². The Balaban J connectivity index is 2.05. The fraction of sp³-hybridized carbons (Fsp3) is 1.00. The first-order valence-electron chi connectivity index (χ1n) is 6.32. The molecule has 0 amide bonds. The van der Waals surface area contributed by atoms with E-state index in [1.54, 1.807) is 0 Å². The molecule has 79 valence electrons. The summed E-state index contributed by atoms with van der Waals surface area (Å²) in [5.74, 6) is 1.86. The van der Waals surface area contributed by atoms with Gasteiger partial charge in [-0.05, 0) is 29.6 Å². The van der Waals surface area contributed by atoms with Gasteiger partial charge in [-0.2, -0.15) is 0 Å². The minimum atomic E-state index is 0.629. The molecule has 2 aliphatic rings. The zero-order valence-corrected chi connectivity index (χ0v) is 10.3. The predicted octanol–water partition coefficient (Wildman–Crippen LogP) is 4.15. The average molecular weight is 191 g/mol. The van der Waals surface area contributed by atoms with Gasteiger partial charge in [-0.3, -0.25) is 0 Å². The van der Waals surface area contributed by atoms with Crippen molar-refractivity contribution in [3.05, 3.63) is 0 Å². The molecule has 0 bridgehead atoms. The first-order chi connectivity index (χ1) is 6.48. The van der Waals surface area contributed by atoms with Crippen molar-refractivity contribution in [1.29, 1.82) is 0 Å². The molecule has 2 rings (SSSR count). The van der Waals surface area contributed by atoms with Crippen LogP contribution in [0.2, 0.25) is 12.1 Å². The molecule has 1 heterocycles. The highest BCUT2D eigenvalue weighted by Crippen LogP contribution is 2.72. The molecule has 1 aliphatic heterocycles. The van der Waals surface area contributed by atoms with E-state index in [-0.39, 0.29) is 0 Å². The van der Waals surface area contributed by atoms with Crippen molar-refractivity contribution in [2.45, 2.75) is 65.5 Å². The summed E-state index contributed by atoms with van der Waals surface area (Å²) in [4.78, 5) is 0. The Labute approximate surface area is 90.1 Å².